The Bertz CT molecular complexity index is 663. The Balaban J connectivity index is 2.25. The zero-order valence-electron chi connectivity index (χ0n) is 14.9. The van der Waals surface area contributed by atoms with Gasteiger partial charge in [0.1, 0.15) is 18.0 Å². The maximum atomic E-state index is 9.77. The van der Waals surface area contributed by atoms with Crippen molar-refractivity contribution in [3.63, 3.8) is 0 Å². The number of rotatable bonds is 7. The lowest BCUT2D eigenvalue weighted by Crippen LogP contribution is -2.09. The van der Waals surface area contributed by atoms with Crippen LogP contribution in [0, 0.1) is 30.6 Å². The maximum absolute atomic E-state index is 9.77. The summed E-state index contributed by atoms with van der Waals surface area (Å²) >= 11 is 0. The summed E-state index contributed by atoms with van der Waals surface area (Å²) in [5.41, 5.74) is 1.18. The molecule has 0 aliphatic rings. The Morgan fingerprint density at radius 2 is 1.64 bits per heavy atom. The lowest BCUT2D eigenvalue weighted by atomic mass is 10.2. The van der Waals surface area contributed by atoms with Crippen molar-refractivity contribution in [2.75, 3.05) is 6.61 Å². The molecule has 1 aromatic carbocycles. The molecule has 0 bridgehead atoms. The van der Waals surface area contributed by atoms with Gasteiger partial charge in [0.25, 0.3) is 0 Å². The Morgan fingerprint density at radius 3 is 2.28 bits per heavy atom. The number of hydrogen-bond donors (Lipinski definition) is 2. The quantitative estimate of drug-likeness (QED) is 0.592. The van der Waals surface area contributed by atoms with Gasteiger partial charge in [0.05, 0.1) is 6.61 Å². The van der Waals surface area contributed by atoms with Gasteiger partial charge in [-0.3, -0.25) is 0 Å². The van der Waals surface area contributed by atoms with Crippen molar-refractivity contribution in [1.29, 1.82) is 0 Å². The second-order valence-corrected chi connectivity index (χ2v) is 5.51. The third-order valence-electron chi connectivity index (χ3n) is 3.19. The van der Waals surface area contributed by atoms with Crippen molar-refractivity contribution in [3.05, 3.63) is 54.1 Å². The van der Waals surface area contributed by atoms with Crippen molar-refractivity contribution < 1.29 is 14.9 Å². The van der Waals surface area contributed by atoms with Crippen LogP contribution in [0.1, 0.15) is 31.7 Å². The molecule has 0 radical (unpaired) electrons. The summed E-state index contributed by atoms with van der Waals surface area (Å²) in [5, 5.41) is 19.3. The van der Waals surface area contributed by atoms with Gasteiger partial charge in [-0.2, -0.15) is 0 Å². The molecule has 3 heteroatoms. The largest absolute Gasteiger partial charge is 0.493 e. The van der Waals surface area contributed by atoms with Crippen molar-refractivity contribution in [2.45, 2.75) is 45.3 Å². The molecule has 2 atom stereocenters. The van der Waals surface area contributed by atoms with Gasteiger partial charge in [0.15, 0.2) is 0 Å². The number of benzene rings is 1. The third kappa shape index (κ3) is 10.8. The molecule has 25 heavy (non-hydrogen) atoms. The highest BCUT2D eigenvalue weighted by molar-refractivity contribution is 5.27. The van der Waals surface area contributed by atoms with Gasteiger partial charge in [0, 0.05) is 12.8 Å². The Morgan fingerprint density at radius 1 is 1.00 bits per heavy atom. The van der Waals surface area contributed by atoms with Crippen LogP contribution in [-0.2, 0) is 0 Å². The van der Waals surface area contributed by atoms with E-state index in [0.29, 0.717) is 19.4 Å². The standard InChI is InChI=1S/C22H26O3/c1-3-4-7-10-20(23)11-8-5-6-9-12-21(24)17-18-25-22-15-13-19(2)14-16-22/h4-7,13-16,20-21,23-24H,3,10,17-18H2,1-2H3. The molecule has 3 nitrogen and oxygen atoms in total. The average molecular weight is 338 g/mol. The fraction of sp³-hybridized carbons (Fsp3) is 0.364. The minimum Gasteiger partial charge on any atom is -0.493 e. The zero-order valence-corrected chi connectivity index (χ0v) is 14.9. The van der Waals surface area contributed by atoms with Gasteiger partial charge in [-0.25, -0.2) is 0 Å². The summed E-state index contributed by atoms with van der Waals surface area (Å²) < 4.78 is 5.54. The average Bonchev–Trinajstić information content (AvgIpc) is 2.60. The summed E-state index contributed by atoms with van der Waals surface area (Å²) in [5.74, 6) is 11.7. The van der Waals surface area contributed by atoms with E-state index in [1.807, 2.05) is 50.3 Å². The number of aliphatic hydroxyl groups is 2. The van der Waals surface area contributed by atoms with Gasteiger partial charge in [0.2, 0.25) is 0 Å². The molecule has 0 aliphatic heterocycles. The van der Waals surface area contributed by atoms with Gasteiger partial charge in [-0.05, 0) is 37.6 Å². The van der Waals surface area contributed by atoms with E-state index in [1.54, 1.807) is 12.2 Å². The highest BCUT2D eigenvalue weighted by Crippen LogP contribution is 2.11. The molecule has 0 saturated carbocycles. The molecule has 0 aliphatic carbocycles. The van der Waals surface area contributed by atoms with Gasteiger partial charge in [-0.1, -0.05) is 60.5 Å². The first kappa shape index (κ1) is 20.6. The molecule has 2 N–H and O–H groups in total. The van der Waals surface area contributed by atoms with Gasteiger partial charge in [-0.15, -0.1) is 0 Å². The fourth-order valence-corrected chi connectivity index (χ4v) is 1.82. The number of ether oxygens (including phenoxy) is 1. The van der Waals surface area contributed by atoms with Crippen molar-refractivity contribution in [1.82, 2.24) is 0 Å². The van der Waals surface area contributed by atoms with Crippen molar-refractivity contribution in [2.24, 2.45) is 0 Å². The van der Waals surface area contributed by atoms with Crippen LogP contribution in [0.25, 0.3) is 0 Å². The fourth-order valence-electron chi connectivity index (χ4n) is 1.82. The molecule has 0 saturated heterocycles. The van der Waals surface area contributed by atoms with E-state index >= 15 is 0 Å². The van der Waals surface area contributed by atoms with Crippen LogP contribution in [0.5, 0.6) is 5.75 Å². The first-order valence-electron chi connectivity index (χ1n) is 8.49. The van der Waals surface area contributed by atoms with Gasteiger partial charge >= 0.3 is 0 Å². The van der Waals surface area contributed by atoms with Gasteiger partial charge < -0.3 is 14.9 Å². The summed E-state index contributed by atoms with van der Waals surface area (Å²) in [4.78, 5) is 0. The van der Waals surface area contributed by atoms with Crippen LogP contribution in [0.4, 0.5) is 0 Å². The summed E-state index contributed by atoms with van der Waals surface area (Å²) in [6.45, 7) is 4.46. The van der Waals surface area contributed by atoms with Crippen LogP contribution in [0.3, 0.4) is 0 Å². The molecule has 0 fully saturated rings. The Hall–Kier alpha value is -2.46. The van der Waals surface area contributed by atoms with Crippen LogP contribution in [0.2, 0.25) is 0 Å². The SMILES string of the molecule is CCC=CCC(O)C#CC=CC#CC(O)CCOc1ccc(C)cc1. The highest BCUT2D eigenvalue weighted by atomic mass is 16.5. The maximum Gasteiger partial charge on any atom is 0.119 e. The number of aliphatic hydroxyl groups excluding tert-OH is 2. The van der Waals surface area contributed by atoms with Crippen LogP contribution in [-0.4, -0.2) is 29.0 Å². The minimum atomic E-state index is -0.743. The van der Waals surface area contributed by atoms with E-state index in [-0.39, 0.29) is 0 Å². The molecular weight excluding hydrogens is 312 g/mol. The molecule has 0 aromatic heterocycles. The Kier molecular flexibility index (Phi) is 10.6. The molecule has 0 amide bonds. The molecule has 0 heterocycles. The highest BCUT2D eigenvalue weighted by Gasteiger charge is 1.99. The van der Waals surface area contributed by atoms with Crippen LogP contribution in [0.15, 0.2) is 48.6 Å². The zero-order chi connectivity index (χ0) is 18.3. The first-order chi connectivity index (χ1) is 12.1. The van der Waals surface area contributed by atoms with Crippen LogP contribution < -0.4 is 4.74 Å². The van der Waals surface area contributed by atoms with E-state index in [4.69, 9.17) is 4.74 Å². The third-order valence-corrected chi connectivity index (χ3v) is 3.19. The minimum absolute atomic E-state index is 0.403. The van der Waals surface area contributed by atoms with E-state index in [1.165, 1.54) is 5.56 Å². The molecule has 2 unspecified atom stereocenters. The summed E-state index contributed by atoms with van der Waals surface area (Å²) in [7, 11) is 0. The molecule has 132 valence electrons. The van der Waals surface area contributed by atoms with E-state index in [0.717, 1.165) is 12.2 Å². The van der Waals surface area contributed by atoms with Crippen molar-refractivity contribution in [3.8, 4) is 29.4 Å². The predicted molar refractivity (Wildman–Crippen MR) is 102 cm³/mol. The molecule has 1 aromatic rings. The molecule has 1 rings (SSSR count). The smallest absolute Gasteiger partial charge is 0.119 e. The monoisotopic (exact) mass is 338 g/mol. The second-order valence-electron chi connectivity index (χ2n) is 5.51. The number of hydrogen-bond acceptors (Lipinski definition) is 3. The predicted octanol–water partition coefficient (Wildman–Crippen LogP) is 3.41. The first-order valence-corrected chi connectivity index (χ1v) is 8.49. The van der Waals surface area contributed by atoms with Crippen LogP contribution >= 0.6 is 0 Å². The summed E-state index contributed by atoms with van der Waals surface area (Å²) in [6.07, 6.45) is 7.55. The summed E-state index contributed by atoms with van der Waals surface area (Å²) in [6, 6.07) is 7.77. The lowest BCUT2D eigenvalue weighted by Gasteiger charge is -2.07. The molecular formula is C22H26O3. The van der Waals surface area contributed by atoms with Crippen molar-refractivity contribution >= 4 is 0 Å². The lowest BCUT2D eigenvalue weighted by molar-refractivity contribution is 0.185. The van der Waals surface area contributed by atoms with E-state index in [9.17, 15) is 10.2 Å². The normalized spacial score (nSPS) is 13.0. The number of allylic oxidation sites excluding steroid dienone is 3. The van der Waals surface area contributed by atoms with E-state index < -0.39 is 12.2 Å². The Labute approximate surface area is 151 Å². The molecule has 0 spiro atoms. The van der Waals surface area contributed by atoms with E-state index in [2.05, 4.69) is 23.7 Å². The topological polar surface area (TPSA) is 49.7 Å². The number of aryl methyl sites for hydroxylation is 1. The second kappa shape index (κ2) is 12.9.